The molecule has 1 aromatic heterocycles. The molecule has 7 nitrogen and oxygen atoms in total. The minimum Gasteiger partial charge on any atom is -0.450 e. The highest BCUT2D eigenvalue weighted by Gasteiger charge is 2.30. The van der Waals surface area contributed by atoms with Crippen LogP contribution in [0.3, 0.4) is 0 Å². The quantitative estimate of drug-likeness (QED) is 0.854. The highest BCUT2D eigenvalue weighted by molar-refractivity contribution is 5.68. The van der Waals surface area contributed by atoms with Crippen LogP contribution in [0.15, 0.2) is 36.7 Å². The fourth-order valence-corrected chi connectivity index (χ4v) is 2.84. The molecular weight excluding hydrogens is 375 g/mol. The predicted molar refractivity (Wildman–Crippen MR) is 97.6 cm³/mol. The van der Waals surface area contributed by atoms with Crippen molar-refractivity contribution in [1.82, 2.24) is 14.9 Å². The lowest BCUT2D eigenvalue weighted by Gasteiger charge is -2.34. The van der Waals surface area contributed by atoms with Crippen LogP contribution in [-0.4, -0.2) is 53.7 Å². The third-order valence-corrected chi connectivity index (χ3v) is 4.24. The molecule has 0 saturated carbocycles. The van der Waals surface area contributed by atoms with Crippen LogP contribution >= 0.6 is 0 Å². The lowest BCUT2D eigenvalue weighted by atomic mass is 10.2. The second kappa shape index (κ2) is 8.32. The first-order valence-corrected chi connectivity index (χ1v) is 8.80. The van der Waals surface area contributed by atoms with E-state index in [4.69, 9.17) is 4.74 Å². The standard InChI is InChI=1S/C18H20F3N5O2/c1-2-28-17(27)26-8-6-25(7-9-26)16-11-15(22-12-23-16)24-14-5-3-4-13(10-14)18(19,20)21/h3-5,10-12H,2,6-9H2,1H3,(H,22,23,24). The number of carbonyl (C=O) groups excluding carboxylic acids is 1. The number of nitrogens with zero attached hydrogens (tertiary/aromatic N) is 4. The molecule has 0 spiro atoms. The predicted octanol–water partition coefficient (Wildman–Crippen LogP) is 3.52. The van der Waals surface area contributed by atoms with Gasteiger partial charge in [0.15, 0.2) is 0 Å². The number of aromatic nitrogens is 2. The van der Waals surface area contributed by atoms with Gasteiger partial charge in [0.05, 0.1) is 12.2 Å². The fraction of sp³-hybridized carbons (Fsp3) is 0.389. The van der Waals surface area contributed by atoms with Crippen LogP contribution in [-0.2, 0) is 10.9 Å². The van der Waals surface area contributed by atoms with Crippen molar-refractivity contribution < 1.29 is 22.7 Å². The van der Waals surface area contributed by atoms with Crippen LogP contribution in [0.4, 0.5) is 35.3 Å². The molecule has 10 heteroatoms. The number of nitrogens with one attached hydrogen (secondary N) is 1. The number of rotatable bonds is 4. The molecule has 0 atom stereocenters. The van der Waals surface area contributed by atoms with E-state index in [0.29, 0.717) is 44.4 Å². The van der Waals surface area contributed by atoms with Gasteiger partial charge in [0.1, 0.15) is 18.0 Å². The number of hydrogen-bond donors (Lipinski definition) is 1. The number of amides is 1. The number of halogens is 3. The number of alkyl halides is 3. The van der Waals surface area contributed by atoms with Crippen molar-refractivity contribution in [3.63, 3.8) is 0 Å². The second-order valence-corrected chi connectivity index (χ2v) is 6.14. The summed E-state index contributed by atoms with van der Waals surface area (Å²) in [5.74, 6) is 1.02. The topological polar surface area (TPSA) is 70.6 Å². The zero-order valence-electron chi connectivity index (χ0n) is 15.2. The average molecular weight is 395 g/mol. The van der Waals surface area contributed by atoms with Crippen molar-refractivity contribution in [2.24, 2.45) is 0 Å². The molecule has 1 saturated heterocycles. The molecule has 1 aromatic carbocycles. The minimum atomic E-state index is -4.41. The maximum atomic E-state index is 12.9. The van der Waals surface area contributed by atoms with Crippen LogP contribution in [0.25, 0.3) is 0 Å². The molecule has 0 radical (unpaired) electrons. The van der Waals surface area contributed by atoms with E-state index in [0.717, 1.165) is 12.1 Å². The summed E-state index contributed by atoms with van der Waals surface area (Å²) in [5, 5.41) is 2.88. The van der Waals surface area contributed by atoms with Crippen molar-refractivity contribution >= 4 is 23.4 Å². The Morgan fingerprint density at radius 2 is 1.93 bits per heavy atom. The molecular formula is C18H20F3N5O2. The third kappa shape index (κ3) is 4.81. The van der Waals surface area contributed by atoms with Gasteiger partial charge in [-0.15, -0.1) is 0 Å². The van der Waals surface area contributed by atoms with E-state index >= 15 is 0 Å². The van der Waals surface area contributed by atoms with Crippen LogP contribution < -0.4 is 10.2 Å². The molecule has 1 fully saturated rings. The molecule has 1 aliphatic rings. The van der Waals surface area contributed by atoms with E-state index in [1.165, 1.54) is 18.5 Å². The monoisotopic (exact) mass is 395 g/mol. The highest BCUT2D eigenvalue weighted by atomic mass is 19.4. The van der Waals surface area contributed by atoms with Gasteiger partial charge in [0.25, 0.3) is 0 Å². The van der Waals surface area contributed by atoms with Gasteiger partial charge in [-0.1, -0.05) is 6.07 Å². The lowest BCUT2D eigenvalue weighted by molar-refractivity contribution is -0.137. The van der Waals surface area contributed by atoms with Crippen molar-refractivity contribution in [3.8, 4) is 0 Å². The Hall–Kier alpha value is -3.04. The Balaban J connectivity index is 1.66. The molecule has 150 valence electrons. The van der Waals surface area contributed by atoms with Gasteiger partial charge in [-0.25, -0.2) is 14.8 Å². The molecule has 2 heterocycles. The number of carbonyl (C=O) groups is 1. The molecule has 3 rings (SSSR count). The fourth-order valence-electron chi connectivity index (χ4n) is 2.84. The first-order valence-electron chi connectivity index (χ1n) is 8.80. The summed E-state index contributed by atoms with van der Waals surface area (Å²) in [6.45, 7) is 4.22. The minimum absolute atomic E-state index is 0.284. The molecule has 1 aliphatic heterocycles. The molecule has 0 unspecified atom stereocenters. The first-order chi connectivity index (χ1) is 13.4. The summed E-state index contributed by atoms with van der Waals surface area (Å²) < 4.78 is 43.6. The van der Waals surface area contributed by atoms with Crippen molar-refractivity contribution in [2.75, 3.05) is 43.0 Å². The second-order valence-electron chi connectivity index (χ2n) is 6.14. The number of hydrogen-bond acceptors (Lipinski definition) is 6. The number of ether oxygens (including phenoxy) is 1. The normalized spacial score (nSPS) is 14.7. The zero-order chi connectivity index (χ0) is 20.1. The molecule has 0 bridgehead atoms. The number of anilines is 3. The molecule has 1 amide bonds. The summed E-state index contributed by atoms with van der Waals surface area (Å²) in [6, 6.07) is 6.58. The summed E-state index contributed by atoms with van der Waals surface area (Å²) in [5.41, 5.74) is -0.450. The van der Waals surface area contributed by atoms with E-state index in [9.17, 15) is 18.0 Å². The Bertz CT molecular complexity index is 823. The van der Waals surface area contributed by atoms with Gasteiger partial charge in [0.2, 0.25) is 0 Å². The molecule has 2 aromatic rings. The van der Waals surface area contributed by atoms with Crippen molar-refractivity contribution in [3.05, 3.63) is 42.2 Å². The smallest absolute Gasteiger partial charge is 0.416 e. The van der Waals surface area contributed by atoms with Gasteiger partial charge in [-0.05, 0) is 25.1 Å². The highest BCUT2D eigenvalue weighted by Crippen LogP contribution is 2.31. The van der Waals surface area contributed by atoms with Gasteiger partial charge in [0, 0.05) is 37.9 Å². The van der Waals surface area contributed by atoms with Crippen molar-refractivity contribution in [1.29, 1.82) is 0 Å². The zero-order valence-corrected chi connectivity index (χ0v) is 15.2. The number of benzene rings is 1. The van der Waals surface area contributed by atoms with E-state index in [1.54, 1.807) is 17.9 Å². The summed E-state index contributed by atoms with van der Waals surface area (Å²) in [4.78, 5) is 23.7. The summed E-state index contributed by atoms with van der Waals surface area (Å²) in [7, 11) is 0. The maximum Gasteiger partial charge on any atom is 0.416 e. The number of piperazine rings is 1. The Morgan fingerprint density at radius 3 is 2.61 bits per heavy atom. The van der Waals surface area contributed by atoms with Crippen LogP contribution in [0, 0.1) is 0 Å². The van der Waals surface area contributed by atoms with Crippen molar-refractivity contribution in [2.45, 2.75) is 13.1 Å². The van der Waals surface area contributed by atoms with Gasteiger partial charge < -0.3 is 19.9 Å². The van der Waals surface area contributed by atoms with E-state index in [2.05, 4.69) is 15.3 Å². The maximum absolute atomic E-state index is 12.9. The largest absolute Gasteiger partial charge is 0.450 e. The van der Waals surface area contributed by atoms with Crippen LogP contribution in [0.2, 0.25) is 0 Å². The van der Waals surface area contributed by atoms with Crippen LogP contribution in [0.5, 0.6) is 0 Å². The Kier molecular flexibility index (Phi) is 5.86. The average Bonchev–Trinajstić information content (AvgIpc) is 2.68. The van der Waals surface area contributed by atoms with Gasteiger partial charge in [-0.2, -0.15) is 13.2 Å². The van der Waals surface area contributed by atoms with Crippen LogP contribution in [0.1, 0.15) is 12.5 Å². The summed E-state index contributed by atoms with van der Waals surface area (Å²) >= 11 is 0. The lowest BCUT2D eigenvalue weighted by Crippen LogP contribution is -2.49. The SMILES string of the molecule is CCOC(=O)N1CCN(c2cc(Nc3cccc(C(F)(F)F)c3)ncn2)CC1. The molecule has 0 aliphatic carbocycles. The Labute approximate surface area is 160 Å². The first kappa shape index (κ1) is 19.7. The van der Waals surface area contributed by atoms with E-state index in [-0.39, 0.29) is 11.8 Å². The van der Waals surface area contributed by atoms with Gasteiger partial charge >= 0.3 is 12.3 Å². The van der Waals surface area contributed by atoms with Gasteiger partial charge in [-0.3, -0.25) is 0 Å². The molecule has 1 N–H and O–H groups in total. The van der Waals surface area contributed by atoms with E-state index < -0.39 is 11.7 Å². The third-order valence-electron chi connectivity index (χ3n) is 4.24. The van der Waals surface area contributed by atoms with E-state index in [1.807, 2.05) is 4.90 Å². The summed E-state index contributed by atoms with van der Waals surface area (Å²) in [6.07, 6.45) is -3.40. The molecule has 28 heavy (non-hydrogen) atoms. The Morgan fingerprint density at radius 1 is 1.18 bits per heavy atom.